The normalized spacial score (nSPS) is 10.4. The van der Waals surface area contributed by atoms with Gasteiger partial charge in [-0.2, -0.15) is 0 Å². The summed E-state index contributed by atoms with van der Waals surface area (Å²) < 4.78 is 10.4. The van der Waals surface area contributed by atoms with Crippen LogP contribution in [0.2, 0.25) is 0 Å². The molecular formula is C14H22N2O3. The Kier molecular flexibility index (Phi) is 5.63. The molecule has 0 saturated heterocycles. The summed E-state index contributed by atoms with van der Waals surface area (Å²) in [5.74, 6) is 1.08. The molecule has 0 heterocycles. The molecule has 0 radical (unpaired) electrons. The third-order valence-electron chi connectivity index (χ3n) is 2.89. The lowest BCUT2D eigenvalue weighted by atomic mass is 10.1. The van der Waals surface area contributed by atoms with E-state index in [9.17, 15) is 4.79 Å². The van der Waals surface area contributed by atoms with Crippen molar-refractivity contribution in [3.8, 4) is 11.5 Å². The Hall–Kier alpha value is -1.75. The molecule has 0 fully saturated rings. The molecule has 0 aliphatic carbocycles. The fourth-order valence-corrected chi connectivity index (χ4v) is 1.86. The topological polar surface area (TPSA) is 64.8 Å². The number of methoxy groups -OCH3 is 2. The van der Waals surface area contributed by atoms with Gasteiger partial charge in [0, 0.05) is 25.2 Å². The maximum atomic E-state index is 12.5. The van der Waals surface area contributed by atoms with Crippen LogP contribution in [-0.4, -0.2) is 44.2 Å². The first-order valence-electron chi connectivity index (χ1n) is 6.28. The van der Waals surface area contributed by atoms with Crippen molar-refractivity contribution in [1.29, 1.82) is 0 Å². The lowest BCUT2D eigenvalue weighted by Gasteiger charge is -2.27. The predicted octanol–water partition coefficient (Wildman–Crippen LogP) is 1.51. The van der Waals surface area contributed by atoms with Crippen LogP contribution in [0.4, 0.5) is 0 Å². The Morgan fingerprint density at radius 3 is 2.47 bits per heavy atom. The van der Waals surface area contributed by atoms with Gasteiger partial charge in [-0.25, -0.2) is 0 Å². The molecule has 0 aromatic heterocycles. The summed E-state index contributed by atoms with van der Waals surface area (Å²) in [5, 5.41) is 0. The molecular weight excluding hydrogens is 244 g/mol. The predicted molar refractivity (Wildman–Crippen MR) is 74.8 cm³/mol. The summed E-state index contributed by atoms with van der Waals surface area (Å²) in [6.45, 7) is 4.88. The zero-order valence-corrected chi connectivity index (χ0v) is 12.0. The number of carbonyl (C=O) groups excluding carboxylic acids is 1. The highest BCUT2D eigenvalue weighted by atomic mass is 16.5. The highest BCUT2D eigenvalue weighted by Gasteiger charge is 2.21. The summed E-state index contributed by atoms with van der Waals surface area (Å²) in [5.41, 5.74) is 6.07. The molecule has 0 atom stereocenters. The first-order valence-corrected chi connectivity index (χ1v) is 6.28. The number of hydrogen-bond acceptors (Lipinski definition) is 4. The Balaban J connectivity index is 3.09. The summed E-state index contributed by atoms with van der Waals surface area (Å²) in [4.78, 5) is 14.2. The quantitative estimate of drug-likeness (QED) is 0.847. The van der Waals surface area contributed by atoms with Gasteiger partial charge in [-0.05, 0) is 26.0 Å². The highest BCUT2D eigenvalue weighted by molar-refractivity contribution is 5.97. The van der Waals surface area contributed by atoms with Crippen LogP contribution in [0.15, 0.2) is 18.2 Å². The van der Waals surface area contributed by atoms with Gasteiger partial charge in [0.25, 0.3) is 5.91 Å². The van der Waals surface area contributed by atoms with Crippen molar-refractivity contribution in [3.05, 3.63) is 23.8 Å². The van der Waals surface area contributed by atoms with Crippen LogP contribution >= 0.6 is 0 Å². The Morgan fingerprint density at radius 1 is 1.32 bits per heavy atom. The van der Waals surface area contributed by atoms with E-state index in [1.807, 2.05) is 13.8 Å². The van der Waals surface area contributed by atoms with E-state index in [1.165, 1.54) is 7.11 Å². The number of amides is 1. The number of nitrogens with zero attached hydrogens (tertiary/aromatic N) is 1. The van der Waals surface area contributed by atoms with Crippen molar-refractivity contribution >= 4 is 5.91 Å². The molecule has 1 aromatic rings. The first-order chi connectivity index (χ1) is 9.04. The van der Waals surface area contributed by atoms with E-state index in [4.69, 9.17) is 15.2 Å². The van der Waals surface area contributed by atoms with Crippen LogP contribution in [0.5, 0.6) is 11.5 Å². The second-order valence-corrected chi connectivity index (χ2v) is 4.45. The molecule has 5 nitrogen and oxygen atoms in total. The molecule has 1 aromatic carbocycles. The van der Waals surface area contributed by atoms with Gasteiger partial charge in [-0.1, -0.05) is 0 Å². The van der Waals surface area contributed by atoms with Crippen LogP contribution in [0.3, 0.4) is 0 Å². The second kappa shape index (κ2) is 6.99. The van der Waals surface area contributed by atoms with Crippen LogP contribution < -0.4 is 15.2 Å². The fourth-order valence-electron chi connectivity index (χ4n) is 1.86. The first kappa shape index (κ1) is 15.3. The van der Waals surface area contributed by atoms with Crippen LogP contribution in [0.1, 0.15) is 24.2 Å². The van der Waals surface area contributed by atoms with Gasteiger partial charge in [0.15, 0.2) is 0 Å². The molecule has 19 heavy (non-hydrogen) atoms. The molecule has 0 bridgehead atoms. The Bertz CT molecular complexity index is 433. The van der Waals surface area contributed by atoms with Crippen molar-refractivity contribution in [1.82, 2.24) is 4.90 Å². The number of hydrogen-bond donors (Lipinski definition) is 1. The zero-order valence-electron chi connectivity index (χ0n) is 12.0. The standard InChI is InChI=1S/C14H22N2O3/c1-10(2)16(8-7-15)14(17)12-6-5-11(18-3)9-13(12)19-4/h5-6,9-10H,7-8,15H2,1-4H3. The van der Waals surface area contributed by atoms with Crippen molar-refractivity contribution in [2.75, 3.05) is 27.3 Å². The molecule has 1 rings (SSSR count). The third kappa shape index (κ3) is 3.61. The van der Waals surface area contributed by atoms with E-state index in [1.54, 1.807) is 30.2 Å². The van der Waals surface area contributed by atoms with Gasteiger partial charge < -0.3 is 20.1 Å². The van der Waals surface area contributed by atoms with Gasteiger partial charge in [0.1, 0.15) is 11.5 Å². The minimum atomic E-state index is -0.0834. The lowest BCUT2D eigenvalue weighted by molar-refractivity contribution is 0.0708. The number of carbonyl (C=O) groups is 1. The molecule has 2 N–H and O–H groups in total. The van der Waals surface area contributed by atoms with Crippen molar-refractivity contribution in [3.63, 3.8) is 0 Å². The number of benzene rings is 1. The average Bonchev–Trinajstić information content (AvgIpc) is 2.42. The molecule has 0 spiro atoms. The van der Waals surface area contributed by atoms with E-state index in [-0.39, 0.29) is 11.9 Å². The van der Waals surface area contributed by atoms with Crippen molar-refractivity contribution in [2.24, 2.45) is 5.73 Å². The van der Waals surface area contributed by atoms with Gasteiger partial charge in [-0.15, -0.1) is 0 Å². The Labute approximate surface area is 114 Å². The van der Waals surface area contributed by atoms with Crippen molar-refractivity contribution in [2.45, 2.75) is 19.9 Å². The largest absolute Gasteiger partial charge is 0.497 e. The van der Waals surface area contributed by atoms with Crippen LogP contribution in [0, 0.1) is 0 Å². The molecule has 106 valence electrons. The molecule has 0 saturated carbocycles. The fraction of sp³-hybridized carbons (Fsp3) is 0.500. The minimum Gasteiger partial charge on any atom is -0.497 e. The number of nitrogens with two attached hydrogens (primary N) is 1. The van der Waals surface area contributed by atoms with Crippen LogP contribution in [0.25, 0.3) is 0 Å². The summed E-state index contributed by atoms with van der Waals surface area (Å²) >= 11 is 0. The lowest BCUT2D eigenvalue weighted by Crippen LogP contribution is -2.40. The molecule has 5 heteroatoms. The van der Waals surface area contributed by atoms with Gasteiger partial charge >= 0.3 is 0 Å². The third-order valence-corrected chi connectivity index (χ3v) is 2.89. The van der Waals surface area contributed by atoms with E-state index in [0.717, 1.165) is 0 Å². The number of ether oxygens (including phenoxy) is 2. The minimum absolute atomic E-state index is 0.0834. The summed E-state index contributed by atoms with van der Waals surface area (Å²) in [6, 6.07) is 5.25. The van der Waals surface area contributed by atoms with Gasteiger partial charge in [0.2, 0.25) is 0 Å². The highest BCUT2D eigenvalue weighted by Crippen LogP contribution is 2.26. The smallest absolute Gasteiger partial charge is 0.257 e. The molecule has 0 unspecified atom stereocenters. The van der Waals surface area contributed by atoms with E-state index in [0.29, 0.717) is 30.2 Å². The maximum absolute atomic E-state index is 12.5. The summed E-state index contributed by atoms with van der Waals surface area (Å²) in [7, 11) is 3.11. The Morgan fingerprint density at radius 2 is 2.00 bits per heavy atom. The SMILES string of the molecule is COc1ccc(C(=O)N(CCN)C(C)C)c(OC)c1. The average molecular weight is 266 g/mol. The molecule has 1 amide bonds. The monoisotopic (exact) mass is 266 g/mol. The van der Waals surface area contributed by atoms with Gasteiger partial charge in [-0.3, -0.25) is 4.79 Å². The van der Waals surface area contributed by atoms with E-state index < -0.39 is 0 Å². The zero-order chi connectivity index (χ0) is 14.4. The maximum Gasteiger partial charge on any atom is 0.257 e. The second-order valence-electron chi connectivity index (χ2n) is 4.45. The summed E-state index contributed by atoms with van der Waals surface area (Å²) in [6.07, 6.45) is 0. The number of rotatable bonds is 6. The van der Waals surface area contributed by atoms with Gasteiger partial charge in [0.05, 0.1) is 19.8 Å². The van der Waals surface area contributed by atoms with E-state index >= 15 is 0 Å². The molecule has 0 aliphatic heterocycles. The van der Waals surface area contributed by atoms with Crippen molar-refractivity contribution < 1.29 is 14.3 Å². The van der Waals surface area contributed by atoms with E-state index in [2.05, 4.69) is 0 Å². The van der Waals surface area contributed by atoms with Crippen LogP contribution in [-0.2, 0) is 0 Å². The molecule has 0 aliphatic rings.